The molecule has 0 saturated heterocycles. The fourth-order valence-electron chi connectivity index (χ4n) is 8.20. The van der Waals surface area contributed by atoms with Crippen molar-refractivity contribution in [3.8, 4) is 39.9 Å². The van der Waals surface area contributed by atoms with Crippen LogP contribution >= 0.6 is 0 Å². The number of aliphatic hydroxyl groups excluding tert-OH is 3. The molecule has 0 spiro atoms. The molecule has 4 atom stereocenters. The summed E-state index contributed by atoms with van der Waals surface area (Å²) in [6, 6.07) is 17.6. The number of aromatic nitrogens is 1. The van der Waals surface area contributed by atoms with Gasteiger partial charge in [-0.15, -0.1) is 0 Å². The molecule has 8 rings (SSSR count). The minimum absolute atomic E-state index is 0.0154. The van der Waals surface area contributed by atoms with E-state index < -0.39 is 12.2 Å². The Morgan fingerprint density at radius 2 is 1.80 bits per heavy atom. The molecule has 4 aromatic carbocycles. The van der Waals surface area contributed by atoms with Gasteiger partial charge in [-0.05, 0) is 126 Å². The summed E-state index contributed by atoms with van der Waals surface area (Å²) < 4.78 is 18.9. The highest BCUT2D eigenvalue weighted by atomic mass is 16.5. The van der Waals surface area contributed by atoms with Crippen LogP contribution in [0.3, 0.4) is 0 Å². The lowest BCUT2D eigenvalue weighted by atomic mass is 9.72. The number of H-pyrrole nitrogens is 1. The van der Waals surface area contributed by atoms with Gasteiger partial charge in [-0.1, -0.05) is 12.1 Å². The molecule has 0 saturated carbocycles. The lowest BCUT2D eigenvalue weighted by Gasteiger charge is -2.40. The van der Waals surface area contributed by atoms with Crippen LogP contribution in [-0.2, 0) is 32.1 Å². The summed E-state index contributed by atoms with van der Waals surface area (Å²) in [5, 5.41) is 54.0. The van der Waals surface area contributed by atoms with Crippen molar-refractivity contribution in [2.45, 2.75) is 69.2 Å². The summed E-state index contributed by atoms with van der Waals surface area (Å²) in [6.07, 6.45) is 3.88. The van der Waals surface area contributed by atoms with Crippen LogP contribution in [0, 0.1) is 0 Å². The first kappa shape index (κ1) is 31.6. The van der Waals surface area contributed by atoms with Crippen LogP contribution < -0.4 is 14.2 Å². The van der Waals surface area contributed by atoms with Crippen LogP contribution in [-0.4, -0.2) is 63.0 Å². The molecule has 3 heterocycles. The maximum absolute atomic E-state index is 11.8. The van der Waals surface area contributed by atoms with E-state index in [0.717, 1.165) is 50.7 Å². The number of phenolic OH excluding ortho intramolecular Hbond substituents is 2. The zero-order valence-electron chi connectivity index (χ0n) is 27.4. The summed E-state index contributed by atoms with van der Waals surface area (Å²) in [6.45, 7) is -0.122. The Morgan fingerprint density at radius 3 is 2.61 bits per heavy atom. The SMILES string of the molecule is COc1cc(C2Oc3c(c4c(c5c3CCC(CO)O5)-c3ccc(O)cc3C(Cc3ccc5[nH]ccc5c3)C4)CC2O)cc(CCCO)c1O. The fourth-order valence-corrected chi connectivity index (χ4v) is 8.20. The van der Waals surface area contributed by atoms with E-state index in [1.54, 1.807) is 12.1 Å². The van der Waals surface area contributed by atoms with Crippen molar-refractivity contribution in [2.24, 2.45) is 0 Å². The van der Waals surface area contributed by atoms with Gasteiger partial charge in [-0.25, -0.2) is 0 Å². The van der Waals surface area contributed by atoms with Gasteiger partial charge in [0.05, 0.1) is 19.8 Å². The highest BCUT2D eigenvalue weighted by Crippen LogP contribution is 2.56. The predicted octanol–water partition coefficient (Wildman–Crippen LogP) is 5.79. The van der Waals surface area contributed by atoms with E-state index in [1.165, 1.54) is 12.7 Å². The Morgan fingerprint density at radius 1 is 0.918 bits per heavy atom. The van der Waals surface area contributed by atoms with Crippen LogP contribution in [0.5, 0.6) is 28.7 Å². The summed E-state index contributed by atoms with van der Waals surface area (Å²) in [7, 11) is 1.49. The van der Waals surface area contributed by atoms with Crippen molar-refractivity contribution >= 4 is 10.9 Å². The van der Waals surface area contributed by atoms with E-state index in [9.17, 15) is 25.5 Å². The van der Waals surface area contributed by atoms with Crippen molar-refractivity contribution < 1.29 is 39.7 Å². The third-order valence-electron chi connectivity index (χ3n) is 10.6. The number of rotatable bonds is 8. The van der Waals surface area contributed by atoms with Gasteiger partial charge >= 0.3 is 0 Å². The van der Waals surface area contributed by atoms with E-state index in [-0.39, 0.29) is 42.5 Å². The standard InChI is InChI=1S/C40H41NO8/c1-47-35-17-25(15-23(37(35)46)3-2-12-42)38-34(45)19-32-31-16-24(14-21-4-9-33-22(13-21)10-11-41-33)30-18-26(44)5-7-28(30)36(31)40-29(39(32)49-38)8-6-27(20-43)48-40/h4-5,7,9-11,13,15,17-18,24,27,34,38,41-46H,2-3,6,8,12,14,16,19-20H2,1H3. The largest absolute Gasteiger partial charge is 0.508 e. The van der Waals surface area contributed by atoms with Crippen molar-refractivity contribution in [3.05, 3.63) is 99.7 Å². The van der Waals surface area contributed by atoms with Crippen LogP contribution in [0.2, 0.25) is 0 Å². The van der Waals surface area contributed by atoms with Gasteiger partial charge in [0, 0.05) is 41.4 Å². The zero-order chi connectivity index (χ0) is 33.8. The van der Waals surface area contributed by atoms with Crippen molar-refractivity contribution in [3.63, 3.8) is 0 Å². The predicted molar refractivity (Wildman–Crippen MR) is 185 cm³/mol. The Balaban J connectivity index is 1.26. The van der Waals surface area contributed by atoms with Gasteiger partial charge in [0.1, 0.15) is 29.5 Å². The average molecular weight is 664 g/mol. The summed E-state index contributed by atoms with van der Waals surface area (Å²) in [4.78, 5) is 3.27. The fraction of sp³-hybridized carbons (Fsp3) is 0.350. The van der Waals surface area contributed by atoms with E-state index in [2.05, 4.69) is 29.2 Å². The lowest BCUT2D eigenvalue weighted by Crippen LogP contribution is -2.34. The van der Waals surface area contributed by atoms with Gasteiger partial charge < -0.3 is 44.7 Å². The molecular formula is C40H41NO8. The molecule has 254 valence electrons. The number of phenols is 2. The first-order chi connectivity index (χ1) is 23.9. The number of fused-ring (bicyclic) bond motifs is 9. The zero-order valence-corrected chi connectivity index (χ0v) is 27.4. The summed E-state index contributed by atoms with van der Waals surface area (Å²) >= 11 is 0. The van der Waals surface area contributed by atoms with Crippen LogP contribution in [0.25, 0.3) is 22.0 Å². The third-order valence-corrected chi connectivity index (χ3v) is 10.6. The Labute approximate surface area is 284 Å². The highest BCUT2D eigenvalue weighted by molar-refractivity contribution is 5.85. The summed E-state index contributed by atoms with van der Waals surface area (Å²) in [5.41, 5.74) is 9.47. The molecular weight excluding hydrogens is 622 g/mol. The van der Waals surface area contributed by atoms with E-state index in [1.807, 2.05) is 24.4 Å². The number of aromatic hydroxyl groups is 2. The molecule has 2 aliphatic heterocycles. The Hall–Kier alpha value is -4.70. The molecule has 49 heavy (non-hydrogen) atoms. The maximum Gasteiger partial charge on any atom is 0.161 e. The second kappa shape index (κ2) is 12.6. The quantitative estimate of drug-likeness (QED) is 0.123. The molecule has 3 aliphatic rings. The number of hydrogen-bond donors (Lipinski definition) is 6. The van der Waals surface area contributed by atoms with Crippen LogP contribution in [0.15, 0.2) is 60.8 Å². The van der Waals surface area contributed by atoms with Crippen molar-refractivity contribution in [2.75, 3.05) is 20.3 Å². The number of aliphatic hydroxyl groups is 3. The number of hydrogen-bond acceptors (Lipinski definition) is 8. The van der Waals surface area contributed by atoms with E-state index in [0.29, 0.717) is 61.2 Å². The molecule has 0 bridgehead atoms. The molecule has 6 N–H and O–H groups in total. The van der Waals surface area contributed by atoms with Crippen molar-refractivity contribution in [1.82, 2.24) is 4.98 Å². The van der Waals surface area contributed by atoms with Crippen LogP contribution in [0.4, 0.5) is 0 Å². The number of ether oxygens (including phenoxy) is 3. The van der Waals surface area contributed by atoms with Crippen LogP contribution in [0.1, 0.15) is 63.8 Å². The van der Waals surface area contributed by atoms with Gasteiger partial charge in [0.25, 0.3) is 0 Å². The van der Waals surface area contributed by atoms with Gasteiger partial charge in [-0.2, -0.15) is 0 Å². The average Bonchev–Trinajstić information content (AvgIpc) is 3.59. The first-order valence-electron chi connectivity index (χ1n) is 17.1. The molecule has 4 unspecified atom stereocenters. The molecule has 0 fully saturated rings. The van der Waals surface area contributed by atoms with Gasteiger partial charge in [0.2, 0.25) is 0 Å². The first-order valence-corrected chi connectivity index (χ1v) is 17.1. The number of aryl methyl sites for hydroxylation is 1. The molecule has 0 radical (unpaired) electrons. The second-order valence-electron chi connectivity index (χ2n) is 13.6. The third kappa shape index (κ3) is 5.46. The Bertz CT molecular complexity index is 2050. The van der Waals surface area contributed by atoms with Crippen molar-refractivity contribution in [1.29, 1.82) is 0 Å². The molecule has 5 aromatic rings. The number of methoxy groups -OCH3 is 1. The molecule has 1 aliphatic carbocycles. The number of aromatic amines is 1. The second-order valence-corrected chi connectivity index (χ2v) is 13.6. The maximum atomic E-state index is 11.8. The molecule has 9 nitrogen and oxygen atoms in total. The van der Waals surface area contributed by atoms with Gasteiger partial charge in [-0.3, -0.25) is 0 Å². The molecule has 0 amide bonds. The summed E-state index contributed by atoms with van der Waals surface area (Å²) in [5.74, 6) is 1.95. The molecule has 9 heteroatoms. The molecule has 1 aromatic heterocycles. The lowest BCUT2D eigenvalue weighted by molar-refractivity contribution is 0.0180. The Kier molecular flexibility index (Phi) is 8.14. The monoisotopic (exact) mass is 663 g/mol. The number of nitrogens with one attached hydrogen (secondary N) is 1. The minimum Gasteiger partial charge on any atom is -0.508 e. The van der Waals surface area contributed by atoms with E-state index in [4.69, 9.17) is 14.2 Å². The smallest absolute Gasteiger partial charge is 0.161 e. The highest BCUT2D eigenvalue weighted by Gasteiger charge is 2.41. The van der Waals surface area contributed by atoms with E-state index >= 15 is 0 Å². The van der Waals surface area contributed by atoms with Gasteiger partial charge in [0.15, 0.2) is 11.5 Å². The number of benzene rings is 4. The topological polar surface area (TPSA) is 145 Å². The normalized spacial score (nSPS) is 20.8. The minimum atomic E-state index is -0.889.